The van der Waals surface area contributed by atoms with Crippen molar-refractivity contribution in [2.45, 2.75) is 25.3 Å². The first-order chi connectivity index (χ1) is 10.2. The van der Waals surface area contributed by atoms with Crippen LogP contribution in [-0.2, 0) is 0 Å². The Morgan fingerprint density at radius 1 is 1.38 bits per heavy atom. The molecule has 6 heteroatoms. The van der Waals surface area contributed by atoms with Gasteiger partial charge < -0.3 is 11.1 Å². The van der Waals surface area contributed by atoms with Gasteiger partial charge in [-0.1, -0.05) is 6.42 Å². The number of nitro groups is 1. The van der Waals surface area contributed by atoms with Crippen LogP contribution >= 0.6 is 0 Å². The number of pyridine rings is 1. The molecule has 2 unspecified atom stereocenters. The quantitative estimate of drug-likeness (QED) is 0.665. The first-order valence-corrected chi connectivity index (χ1v) is 7.19. The Kier molecular flexibility index (Phi) is 3.70. The van der Waals surface area contributed by atoms with Crippen LogP contribution in [0, 0.1) is 16.0 Å². The number of hydrogen-bond donors (Lipinski definition) is 2. The summed E-state index contributed by atoms with van der Waals surface area (Å²) >= 11 is 0. The summed E-state index contributed by atoms with van der Waals surface area (Å²) in [6.07, 6.45) is 4.97. The Labute approximate surface area is 122 Å². The molecule has 0 radical (unpaired) electrons. The number of non-ortho nitro benzene ring substituents is 1. The van der Waals surface area contributed by atoms with E-state index >= 15 is 0 Å². The summed E-state index contributed by atoms with van der Waals surface area (Å²) in [6.45, 7) is 0.667. The van der Waals surface area contributed by atoms with E-state index < -0.39 is 4.92 Å². The Morgan fingerprint density at radius 3 is 3.00 bits per heavy atom. The zero-order valence-electron chi connectivity index (χ0n) is 11.7. The van der Waals surface area contributed by atoms with Gasteiger partial charge in [-0.3, -0.25) is 10.1 Å². The van der Waals surface area contributed by atoms with E-state index in [1.165, 1.54) is 12.5 Å². The van der Waals surface area contributed by atoms with Crippen molar-refractivity contribution >= 4 is 22.3 Å². The van der Waals surface area contributed by atoms with Crippen molar-refractivity contribution < 1.29 is 4.92 Å². The minimum atomic E-state index is -0.391. The van der Waals surface area contributed by atoms with Gasteiger partial charge in [-0.05, 0) is 43.5 Å². The molecule has 1 fully saturated rings. The summed E-state index contributed by atoms with van der Waals surface area (Å²) in [7, 11) is 0. The molecule has 1 heterocycles. The van der Waals surface area contributed by atoms with Gasteiger partial charge in [0.05, 0.1) is 4.92 Å². The van der Waals surface area contributed by atoms with Crippen LogP contribution in [0.3, 0.4) is 0 Å². The molecule has 1 aromatic carbocycles. The highest BCUT2D eigenvalue weighted by Crippen LogP contribution is 2.33. The third kappa shape index (κ3) is 2.54. The van der Waals surface area contributed by atoms with E-state index in [1.807, 2.05) is 6.07 Å². The first kappa shape index (κ1) is 13.8. The number of nitrogens with one attached hydrogen (secondary N) is 1. The highest BCUT2D eigenvalue weighted by atomic mass is 16.6. The Balaban J connectivity index is 2.00. The van der Waals surface area contributed by atoms with Crippen LogP contribution < -0.4 is 11.1 Å². The Bertz CT molecular complexity index is 674. The Morgan fingerprint density at radius 2 is 2.24 bits per heavy atom. The van der Waals surface area contributed by atoms with Crippen LogP contribution in [0.15, 0.2) is 30.5 Å². The summed E-state index contributed by atoms with van der Waals surface area (Å²) in [6, 6.07) is 7.29. The van der Waals surface area contributed by atoms with Crippen LogP contribution in [-0.4, -0.2) is 22.5 Å². The maximum absolute atomic E-state index is 11.1. The number of anilines is 1. The van der Waals surface area contributed by atoms with Crippen LogP contribution in [0.25, 0.3) is 10.9 Å². The van der Waals surface area contributed by atoms with E-state index in [9.17, 15) is 10.1 Å². The molecule has 1 aliphatic carbocycles. The van der Waals surface area contributed by atoms with Gasteiger partial charge in [0.1, 0.15) is 5.52 Å². The maximum atomic E-state index is 11.1. The number of fused-ring (bicyclic) bond motifs is 1. The van der Waals surface area contributed by atoms with Gasteiger partial charge in [-0.25, -0.2) is 4.98 Å². The molecule has 2 aromatic rings. The number of benzene rings is 1. The third-order valence-electron chi connectivity index (χ3n) is 4.25. The lowest BCUT2D eigenvalue weighted by Gasteiger charge is -2.21. The summed E-state index contributed by atoms with van der Waals surface area (Å²) in [5, 5.41) is 15.4. The minimum Gasteiger partial charge on any atom is -0.381 e. The number of nitrogens with zero attached hydrogens (tertiary/aromatic N) is 2. The minimum absolute atomic E-state index is 0.0398. The fourth-order valence-corrected chi connectivity index (χ4v) is 3.14. The molecule has 0 amide bonds. The van der Waals surface area contributed by atoms with Crippen LogP contribution in [0.1, 0.15) is 19.3 Å². The summed E-state index contributed by atoms with van der Waals surface area (Å²) in [4.78, 5) is 14.9. The van der Waals surface area contributed by atoms with E-state index in [-0.39, 0.29) is 5.69 Å². The van der Waals surface area contributed by atoms with Crippen LogP contribution in [0.5, 0.6) is 0 Å². The molecule has 2 atom stereocenters. The van der Waals surface area contributed by atoms with Crippen molar-refractivity contribution in [3.8, 4) is 0 Å². The molecule has 1 saturated carbocycles. The van der Waals surface area contributed by atoms with Gasteiger partial charge >= 0.3 is 0 Å². The van der Waals surface area contributed by atoms with E-state index in [0.717, 1.165) is 23.9 Å². The van der Waals surface area contributed by atoms with Gasteiger partial charge in [0.2, 0.25) is 0 Å². The molecular weight excluding hydrogens is 268 g/mol. The number of rotatable bonds is 4. The van der Waals surface area contributed by atoms with Crippen molar-refractivity contribution in [2.75, 3.05) is 11.9 Å². The summed E-state index contributed by atoms with van der Waals surface area (Å²) in [5.41, 5.74) is 7.18. The molecule has 110 valence electrons. The van der Waals surface area contributed by atoms with Crippen molar-refractivity contribution in [2.24, 2.45) is 11.7 Å². The monoisotopic (exact) mass is 286 g/mol. The number of nitrogens with two attached hydrogens (primary N) is 1. The fraction of sp³-hybridized carbons (Fsp3) is 0.400. The second-order valence-electron chi connectivity index (χ2n) is 5.47. The van der Waals surface area contributed by atoms with Gasteiger partial charge in [-0.2, -0.15) is 0 Å². The summed E-state index contributed by atoms with van der Waals surface area (Å²) < 4.78 is 0. The van der Waals surface area contributed by atoms with Gasteiger partial charge in [-0.15, -0.1) is 0 Å². The number of nitro benzene ring substituents is 1. The van der Waals surface area contributed by atoms with Gasteiger partial charge in [0, 0.05) is 29.4 Å². The zero-order valence-corrected chi connectivity index (χ0v) is 11.7. The first-order valence-electron chi connectivity index (χ1n) is 7.19. The fourth-order valence-electron chi connectivity index (χ4n) is 3.14. The largest absolute Gasteiger partial charge is 0.381 e. The molecule has 0 bridgehead atoms. The molecule has 1 aromatic heterocycles. The zero-order chi connectivity index (χ0) is 14.8. The molecule has 21 heavy (non-hydrogen) atoms. The highest BCUT2D eigenvalue weighted by molar-refractivity contribution is 5.97. The lowest BCUT2D eigenvalue weighted by atomic mass is 10.0. The van der Waals surface area contributed by atoms with E-state index in [4.69, 9.17) is 5.73 Å². The second-order valence-corrected chi connectivity index (χ2v) is 5.47. The third-order valence-corrected chi connectivity index (χ3v) is 4.25. The molecule has 0 spiro atoms. The average Bonchev–Trinajstić information content (AvgIpc) is 2.94. The molecule has 6 nitrogen and oxygen atoms in total. The van der Waals surface area contributed by atoms with E-state index in [2.05, 4.69) is 10.3 Å². The standard InChI is InChI=1S/C15H18N4O2/c16-9-10-3-1-5-12(10)18-13-6-7-14(19(20)21)15-11(13)4-2-8-17-15/h2,4,6-8,10,12,18H,1,3,5,9,16H2. The molecule has 1 aliphatic rings. The smallest absolute Gasteiger partial charge is 0.295 e. The second kappa shape index (κ2) is 5.65. The van der Waals surface area contributed by atoms with Gasteiger partial charge in [0.25, 0.3) is 5.69 Å². The molecule has 0 saturated heterocycles. The molecule has 3 rings (SSSR count). The van der Waals surface area contributed by atoms with Crippen molar-refractivity contribution in [3.63, 3.8) is 0 Å². The molecule has 0 aliphatic heterocycles. The molecular formula is C15H18N4O2. The van der Waals surface area contributed by atoms with E-state index in [0.29, 0.717) is 24.0 Å². The molecule has 3 N–H and O–H groups in total. The average molecular weight is 286 g/mol. The highest BCUT2D eigenvalue weighted by Gasteiger charge is 2.26. The number of aromatic nitrogens is 1. The maximum Gasteiger partial charge on any atom is 0.295 e. The predicted molar refractivity (Wildman–Crippen MR) is 82.2 cm³/mol. The van der Waals surface area contributed by atoms with Crippen LogP contribution in [0.2, 0.25) is 0 Å². The lowest BCUT2D eigenvalue weighted by molar-refractivity contribution is -0.383. The topological polar surface area (TPSA) is 94.1 Å². The van der Waals surface area contributed by atoms with Crippen molar-refractivity contribution in [1.82, 2.24) is 4.98 Å². The predicted octanol–water partition coefficient (Wildman–Crippen LogP) is 2.68. The summed E-state index contributed by atoms with van der Waals surface area (Å²) in [5.74, 6) is 0.465. The number of hydrogen-bond acceptors (Lipinski definition) is 5. The van der Waals surface area contributed by atoms with Crippen LogP contribution in [0.4, 0.5) is 11.4 Å². The van der Waals surface area contributed by atoms with Crippen molar-refractivity contribution in [3.05, 3.63) is 40.6 Å². The van der Waals surface area contributed by atoms with Gasteiger partial charge in [0.15, 0.2) is 0 Å². The SMILES string of the molecule is NCC1CCCC1Nc1ccc([N+](=O)[O-])c2ncccc12. The Hall–Kier alpha value is -2.21. The van der Waals surface area contributed by atoms with Crippen molar-refractivity contribution in [1.29, 1.82) is 0 Å². The lowest BCUT2D eigenvalue weighted by Crippen LogP contribution is -2.29. The van der Waals surface area contributed by atoms with E-state index in [1.54, 1.807) is 18.3 Å². The normalized spacial score (nSPS) is 21.6.